The lowest BCUT2D eigenvalue weighted by molar-refractivity contribution is -0.0569. The largest absolute Gasteiger partial charge is 0.449 e. The fourth-order valence-corrected chi connectivity index (χ4v) is 4.52. The van der Waals surface area contributed by atoms with Crippen molar-refractivity contribution in [2.75, 3.05) is 0 Å². The minimum absolute atomic E-state index is 0.0321. The summed E-state index contributed by atoms with van der Waals surface area (Å²) in [6, 6.07) is -0.200. The average molecular weight is 430 g/mol. The van der Waals surface area contributed by atoms with Gasteiger partial charge in [0.1, 0.15) is 12.0 Å². The van der Waals surface area contributed by atoms with Gasteiger partial charge in [0, 0.05) is 44.6 Å². The van der Waals surface area contributed by atoms with Crippen LogP contribution < -0.4 is 16.4 Å². The van der Waals surface area contributed by atoms with E-state index in [-0.39, 0.29) is 75.2 Å². The number of nitrogens with one attached hydrogen (secondary N) is 2. The zero-order valence-electron chi connectivity index (χ0n) is 16.7. The van der Waals surface area contributed by atoms with E-state index < -0.39 is 17.5 Å². The molecule has 4 N–H and O–H groups in total. The van der Waals surface area contributed by atoms with Crippen molar-refractivity contribution in [3.05, 3.63) is 17.8 Å². The number of hydrogen-bond donors (Lipinski definition) is 3. The van der Waals surface area contributed by atoms with Crippen LogP contribution in [0.5, 0.6) is 0 Å². The highest BCUT2D eigenvalue weighted by atomic mass is 19.3. The van der Waals surface area contributed by atoms with Gasteiger partial charge in [0.05, 0.1) is 0 Å². The van der Waals surface area contributed by atoms with Gasteiger partial charge >= 0.3 is 0 Å². The first-order valence-corrected chi connectivity index (χ1v) is 10.2. The number of nitrogens with two attached hydrogens (primary N) is 1. The normalized spacial score (nSPS) is 29.6. The van der Waals surface area contributed by atoms with Crippen molar-refractivity contribution >= 4 is 11.9 Å². The molecule has 1 unspecified atom stereocenters. The van der Waals surface area contributed by atoms with Crippen molar-refractivity contribution in [2.45, 2.75) is 81.8 Å². The number of alkyl halides is 4. The van der Waals surface area contributed by atoms with Crippen molar-refractivity contribution in [1.82, 2.24) is 15.6 Å². The molecular formula is C19H26F4N6O. The molecule has 166 valence electrons. The summed E-state index contributed by atoms with van der Waals surface area (Å²) in [7, 11) is 0. The lowest BCUT2D eigenvalue weighted by atomic mass is 9.77. The summed E-state index contributed by atoms with van der Waals surface area (Å²) in [5.41, 5.74) is 5.23. The summed E-state index contributed by atoms with van der Waals surface area (Å²) in [4.78, 5) is 13.1. The van der Waals surface area contributed by atoms with Crippen LogP contribution in [0.25, 0.3) is 0 Å². The van der Waals surface area contributed by atoms with Gasteiger partial charge in [-0.25, -0.2) is 27.5 Å². The van der Waals surface area contributed by atoms with Gasteiger partial charge in [0.2, 0.25) is 23.8 Å². The fraction of sp³-hybridized carbons (Fsp3) is 0.737. The van der Waals surface area contributed by atoms with E-state index in [2.05, 4.69) is 25.6 Å². The third-order valence-electron chi connectivity index (χ3n) is 6.20. The molecule has 11 heteroatoms. The van der Waals surface area contributed by atoms with Crippen molar-refractivity contribution < 1.29 is 22.0 Å². The molecule has 0 amide bonds. The van der Waals surface area contributed by atoms with Crippen LogP contribution in [-0.2, 0) is 5.66 Å². The van der Waals surface area contributed by atoms with Crippen LogP contribution in [-0.4, -0.2) is 34.8 Å². The Morgan fingerprint density at radius 3 is 2.23 bits per heavy atom. The van der Waals surface area contributed by atoms with Crippen LogP contribution in [0.2, 0.25) is 0 Å². The van der Waals surface area contributed by atoms with E-state index in [0.717, 1.165) is 0 Å². The molecule has 1 aromatic rings. The first-order valence-electron chi connectivity index (χ1n) is 10.2. The van der Waals surface area contributed by atoms with Crippen LogP contribution in [0.4, 0.5) is 17.6 Å². The Morgan fingerprint density at radius 1 is 1.07 bits per heavy atom. The number of aromatic nitrogens is 1. The Kier molecular flexibility index (Phi) is 5.17. The van der Waals surface area contributed by atoms with Crippen molar-refractivity contribution in [2.24, 2.45) is 21.6 Å². The van der Waals surface area contributed by atoms with Crippen molar-refractivity contribution in [3.63, 3.8) is 0 Å². The van der Waals surface area contributed by atoms with Gasteiger partial charge in [0.25, 0.3) is 0 Å². The molecule has 2 heterocycles. The van der Waals surface area contributed by atoms with Crippen LogP contribution in [0.1, 0.15) is 63.0 Å². The number of halogens is 4. The summed E-state index contributed by atoms with van der Waals surface area (Å²) in [5.74, 6) is -5.00. The molecule has 30 heavy (non-hydrogen) atoms. The topological polar surface area (TPSA) is 101 Å². The molecule has 7 nitrogen and oxygen atoms in total. The van der Waals surface area contributed by atoms with Crippen LogP contribution in [0, 0.1) is 12.8 Å². The molecule has 1 atom stereocenters. The van der Waals surface area contributed by atoms with Crippen molar-refractivity contribution in [1.29, 1.82) is 0 Å². The molecule has 2 aliphatic carbocycles. The van der Waals surface area contributed by atoms with E-state index in [0.29, 0.717) is 11.6 Å². The van der Waals surface area contributed by atoms with Gasteiger partial charge in [-0.05, 0) is 25.7 Å². The summed E-state index contributed by atoms with van der Waals surface area (Å²) in [6.45, 7) is 1.68. The second kappa shape index (κ2) is 7.42. The Labute approximate surface area is 171 Å². The van der Waals surface area contributed by atoms with Crippen LogP contribution in [0.15, 0.2) is 20.7 Å². The molecule has 0 bridgehead atoms. The molecule has 2 saturated carbocycles. The van der Waals surface area contributed by atoms with Gasteiger partial charge < -0.3 is 20.8 Å². The van der Waals surface area contributed by atoms with E-state index in [1.807, 2.05) is 0 Å². The molecule has 4 rings (SSSR count). The van der Waals surface area contributed by atoms with Crippen LogP contribution in [0.3, 0.4) is 0 Å². The highest BCUT2D eigenvalue weighted by Crippen LogP contribution is 2.45. The minimum atomic E-state index is -2.70. The van der Waals surface area contributed by atoms with Crippen molar-refractivity contribution in [3.8, 4) is 0 Å². The molecule has 0 saturated heterocycles. The standard InChI is InChI=1S/C19H26F4N6O/c1-11-25-14(10-30-11)19(12-2-6-17(20,21)7-3-12)28-15(24)27-16(29-19)26-13-4-8-18(22,23)9-5-13/h10,12-13H,2-9H2,1H3,(H4,24,26,27,28,29). The predicted octanol–water partition coefficient (Wildman–Crippen LogP) is 3.40. The maximum absolute atomic E-state index is 13.8. The zero-order chi connectivity index (χ0) is 21.6. The third kappa shape index (κ3) is 4.24. The summed E-state index contributed by atoms with van der Waals surface area (Å²) in [5, 5.41) is 6.36. The molecule has 0 spiro atoms. The van der Waals surface area contributed by atoms with E-state index in [4.69, 9.17) is 10.2 Å². The zero-order valence-corrected chi connectivity index (χ0v) is 16.7. The second-order valence-electron chi connectivity index (χ2n) is 8.48. The minimum Gasteiger partial charge on any atom is -0.449 e. The molecule has 0 aromatic carbocycles. The number of nitrogens with zero attached hydrogens (tertiary/aromatic N) is 3. The predicted molar refractivity (Wildman–Crippen MR) is 102 cm³/mol. The highest BCUT2D eigenvalue weighted by molar-refractivity contribution is 5.96. The van der Waals surface area contributed by atoms with Gasteiger partial charge in [-0.3, -0.25) is 0 Å². The number of oxazole rings is 1. The fourth-order valence-electron chi connectivity index (χ4n) is 4.52. The number of aliphatic imine (C=N–C) groups is 2. The lowest BCUT2D eigenvalue weighted by Gasteiger charge is -2.43. The first kappa shape index (κ1) is 20.9. The lowest BCUT2D eigenvalue weighted by Crippen LogP contribution is -2.60. The Balaban J connectivity index is 1.59. The molecular weight excluding hydrogens is 404 g/mol. The Bertz CT molecular complexity index is 834. The third-order valence-corrected chi connectivity index (χ3v) is 6.20. The summed E-state index contributed by atoms with van der Waals surface area (Å²) >= 11 is 0. The molecule has 1 aromatic heterocycles. The smallest absolute Gasteiger partial charge is 0.248 e. The number of aryl methyl sites for hydroxylation is 1. The molecule has 0 radical (unpaired) electrons. The Morgan fingerprint density at radius 2 is 1.67 bits per heavy atom. The summed E-state index contributed by atoms with van der Waals surface area (Å²) < 4.78 is 59.9. The van der Waals surface area contributed by atoms with E-state index in [1.54, 1.807) is 6.92 Å². The van der Waals surface area contributed by atoms with Gasteiger partial charge in [-0.1, -0.05) is 0 Å². The van der Waals surface area contributed by atoms with E-state index in [9.17, 15) is 17.6 Å². The summed E-state index contributed by atoms with van der Waals surface area (Å²) in [6.07, 6.45) is 1.52. The number of guanidine groups is 2. The number of rotatable bonds is 3. The van der Waals surface area contributed by atoms with Gasteiger partial charge in [-0.15, -0.1) is 0 Å². The van der Waals surface area contributed by atoms with E-state index >= 15 is 0 Å². The maximum atomic E-state index is 13.8. The molecule has 2 fully saturated rings. The second-order valence-corrected chi connectivity index (χ2v) is 8.48. The average Bonchev–Trinajstić information content (AvgIpc) is 3.10. The maximum Gasteiger partial charge on any atom is 0.248 e. The highest BCUT2D eigenvalue weighted by Gasteiger charge is 2.50. The first-order chi connectivity index (χ1) is 14.1. The molecule has 1 aliphatic heterocycles. The van der Waals surface area contributed by atoms with Gasteiger partial charge in [0.15, 0.2) is 11.6 Å². The number of hydrogen-bond acceptors (Lipinski definition) is 7. The monoisotopic (exact) mass is 430 g/mol. The van der Waals surface area contributed by atoms with Gasteiger partial charge in [-0.2, -0.15) is 4.99 Å². The van der Waals surface area contributed by atoms with Crippen LogP contribution >= 0.6 is 0 Å². The molecule has 3 aliphatic rings. The quantitative estimate of drug-likeness (QED) is 0.638. The Hall–Kier alpha value is -2.33. The van der Waals surface area contributed by atoms with E-state index in [1.165, 1.54) is 6.26 Å². The SMILES string of the molecule is Cc1nc(C2(C3CCC(F)(F)CC3)N=C(N)N=C(NC3CCC(F)(F)CC3)N2)co1.